The molecule has 0 atom stereocenters. The molecule has 1 aromatic carbocycles. The Balaban J connectivity index is 2.10. The minimum Gasteiger partial charge on any atom is -0.497 e. The first-order valence-corrected chi connectivity index (χ1v) is 5.86. The van der Waals surface area contributed by atoms with Crippen LogP contribution < -0.4 is 10.3 Å². The van der Waals surface area contributed by atoms with E-state index in [0.717, 1.165) is 11.4 Å². The second-order valence-corrected chi connectivity index (χ2v) is 3.96. The van der Waals surface area contributed by atoms with Crippen molar-refractivity contribution >= 4 is 0 Å². The Morgan fingerprint density at radius 1 is 1.20 bits per heavy atom. The number of rotatable bonds is 3. The fourth-order valence-corrected chi connectivity index (χ4v) is 1.82. The van der Waals surface area contributed by atoms with Crippen LogP contribution in [0.2, 0.25) is 0 Å². The molecule has 0 amide bonds. The van der Waals surface area contributed by atoms with Gasteiger partial charge in [0, 0.05) is 18.1 Å². The van der Waals surface area contributed by atoms with Gasteiger partial charge in [-0.2, -0.15) is 9.78 Å². The molecule has 0 bridgehead atoms. The average molecular weight is 269 g/mol. The molecule has 0 aliphatic rings. The first-order valence-electron chi connectivity index (χ1n) is 5.86. The van der Waals surface area contributed by atoms with Gasteiger partial charge in [-0.3, -0.25) is 9.36 Å². The lowest BCUT2D eigenvalue weighted by atomic mass is 10.3. The Kier molecular flexibility index (Phi) is 3.00. The summed E-state index contributed by atoms with van der Waals surface area (Å²) in [5, 5.41) is 3.92. The number of nitrogens with zero attached hydrogens (tertiary/aromatic N) is 5. The molecule has 100 valence electrons. The number of aromatic nitrogens is 5. The molecule has 2 heterocycles. The summed E-state index contributed by atoms with van der Waals surface area (Å²) >= 11 is 0. The normalized spacial score (nSPS) is 10.4. The maximum Gasteiger partial charge on any atom is 0.300 e. The van der Waals surface area contributed by atoms with E-state index in [1.807, 2.05) is 0 Å². The quantitative estimate of drug-likeness (QED) is 0.703. The number of benzene rings is 1. The third-order valence-electron chi connectivity index (χ3n) is 2.81. The van der Waals surface area contributed by atoms with Gasteiger partial charge in [0.05, 0.1) is 7.11 Å². The lowest BCUT2D eigenvalue weighted by molar-refractivity contribution is 0.414. The molecule has 0 fully saturated rings. The highest BCUT2D eigenvalue weighted by atomic mass is 16.5. The maximum absolute atomic E-state index is 12.4. The predicted octanol–water partition coefficient (Wildman–Crippen LogP) is 0.822. The van der Waals surface area contributed by atoms with Gasteiger partial charge in [-0.1, -0.05) is 0 Å². The van der Waals surface area contributed by atoms with Crippen LogP contribution in [0.15, 0.2) is 54.1 Å². The summed E-state index contributed by atoms with van der Waals surface area (Å²) in [6, 6.07) is 7.17. The molecule has 0 saturated carbocycles. The highest BCUT2D eigenvalue weighted by Gasteiger charge is 2.08. The van der Waals surface area contributed by atoms with Crippen LogP contribution in [0, 0.1) is 0 Å². The van der Waals surface area contributed by atoms with E-state index < -0.39 is 0 Å². The molecule has 0 unspecified atom stereocenters. The Morgan fingerprint density at radius 2 is 2.00 bits per heavy atom. The van der Waals surface area contributed by atoms with Crippen molar-refractivity contribution in [1.82, 2.24) is 24.3 Å². The van der Waals surface area contributed by atoms with E-state index in [1.165, 1.54) is 21.9 Å². The van der Waals surface area contributed by atoms with Crippen molar-refractivity contribution in [2.75, 3.05) is 7.11 Å². The lowest BCUT2D eigenvalue weighted by Gasteiger charge is -2.08. The van der Waals surface area contributed by atoms with Crippen LogP contribution in [0.3, 0.4) is 0 Å². The minimum atomic E-state index is -0.275. The fourth-order valence-electron chi connectivity index (χ4n) is 1.82. The summed E-state index contributed by atoms with van der Waals surface area (Å²) in [4.78, 5) is 20.3. The minimum absolute atomic E-state index is 0.195. The molecule has 0 saturated heterocycles. The fraction of sp³-hybridized carbons (Fsp3) is 0.0769. The van der Waals surface area contributed by atoms with Gasteiger partial charge < -0.3 is 4.74 Å². The number of hydrogen-bond donors (Lipinski definition) is 0. The van der Waals surface area contributed by atoms with Gasteiger partial charge in [0.2, 0.25) is 5.82 Å². The number of hydrogen-bond acceptors (Lipinski definition) is 5. The molecule has 20 heavy (non-hydrogen) atoms. The molecule has 0 radical (unpaired) electrons. The van der Waals surface area contributed by atoms with Gasteiger partial charge in [0.15, 0.2) is 0 Å². The monoisotopic (exact) mass is 269 g/mol. The molecule has 0 N–H and O–H groups in total. The topological polar surface area (TPSA) is 74.8 Å². The van der Waals surface area contributed by atoms with Crippen molar-refractivity contribution in [1.29, 1.82) is 0 Å². The lowest BCUT2D eigenvalue weighted by Crippen LogP contribution is -2.24. The van der Waals surface area contributed by atoms with E-state index in [-0.39, 0.29) is 11.4 Å². The van der Waals surface area contributed by atoms with Gasteiger partial charge in [0.1, 0.15) is 18.4 Å². The van der Waals surface area contributed by atoms with Crippen LogP contribution in [0.4, 0.5) is 0 Å². The molecule has 3 rings (SSSR count). The van der Waals surface area contributed by atoms with Crippen molar-refractivity contribution in [2.45, 2.75) is 0 Å². The van der Waals surface area contributed by atoms with Gasteiger partial charge in [-0.05, 0) is 24.3 Å². The van der Waals surface area contributed by atoms with Crippen molar-refractivity contribution in [3.05, 3.63) is 59.7 Å². The Bertz CT molecular complexity index is 762. The molecule has 2 aromatic heterocycles. The standard InChI is InChI=1S/C13H11N5O2/c1-20-11-4-2-10(3-5-11)17-7-6-15-12(13(17)19)18-9-14-8-16-18/h2-9H,1H3. The van der Waals surface area contributed by atoms with Gasteiger partial charge in [-0.15, -0.1) is 0 Å². The molecular weight excluding hydrogens is 258 g/mol. The van der Waals surface area contributed by atoms with E-state index in [0.29, 0.717) is 0 Å². The van der Waals surface area contributed by atoms with Crippen LogP contribution in [-0.4, -0.2) is 31.4 Å². The summed E-state index contributed by atoms with van der Waals surface area (Å²) in [6.45, 7) is 0. The zero-order valence-corrected chi connectivity index (χ0v) is 10.7. The van der Waals surface area contributed by atoms with Gasteiger partial charge in [-0.25, -0.2) is 9.97 Å². The van der Waals surface area contributed by atoms with Crippen LogP contribution in [0.5, 0.6) is 5.75 Å². The van der Waals surface area contributed by atoms with Crippen molar-refractivity contribution in [3.63, 3.8) is 0 Å². The SMILES string of the molecule is COc1ccc(-n2ccnc(-n3cncn3)c2=O)cc1. The van der Waals surface area contributed by atoms with Crippen LogP contribution in [0.1, 0.15) is 0 Å². The first kappa shape index (κ1) is 12.1. The Morgan fingerprint density at radius 3 is 2.65 bits per heavy atom. The van der Waals surface area contributed by atoms with Crippen molar-refractivity contribution in [3.8, 4) is 17.3 Å². The van der Waals surface area contributed by atoms with Gasteiger partial charge >= 0.3 is 0 Å². The first-order chi connectivity index (χ1) is 9.79. The summed E-state index contributed by atoms with van der Waals surface area (Å²) in [5.74, 6) is 0.924. The smallest absolute Gasteiger partial charge is 0.300 e. The second-order valence-electron chi connectivity index (χ2n) is 3.96. The largest absolute Gasteiger partial charge is 0.497 e. The van der Waals surface area contributed by atoms with Crippen molar-refractivity contribution in [2.24, 2.45) is 0 Å². The summed E-state index contributed by atoms with van der Waals surface area (Å²) < 4.78 is 7.92. The van der Waals surface area contributed by atoms with Crippen LogP contribution in [0.25, 0.3) is 11.5 Å². The molecule has 0 aliphatic heterocycles. The van der Waals surface area contributed by atoms with E-state index in [1.54, 1.807) is 43.8 Å². The van der Waals surface area contributed by atoms with E-state index in [2.05, 4.69) is 15.1 Å². The zero-order chi connectivity index (χ0) is 13.9. The van der Waals surface area contributed by atoms with E-state index in [9.17, 15) is 4.79 Å². The highest BCUT2D eigenvalue weighted by Crippen LogP contribution is 2.13. The molecule has 3 aromatic rings. The van der Waals surface area contributed by atoms with Gasteiger partial charge in [0.25, 0.3) is 5.56 Å². The Labute approximate surface area is 114 Å². The molecular formula is C13H11N5O2. The summed E-state index contributed by atoms with van der Waals surface area (Å²) in [7, 11) is 1.59. The van der Waals surface area contributed by atoms with Crippen LogP contribution >= 0.6 is 0 Å². The Hall–Kier alpha value is -2.96. The highest BCUT2D eigenvalue weighted by molar-refractivity contribution is 5.38. The second kappa shape index (κ2) is 4.96. The molecule has 7 nitrogen and oxygen atoms in total. The molecule has 7 heteroatoms. The predicted molar refractivity (Wildman–Crippen MR) is 71.3 cm³/mol. The molecule has 0 aliphatic carbocycles. The van der Waals surface area contributed by atoms with E-state index >= 15 is 0 Å². The molecule has 0 spiro atoms. The summed E-state index contributed by atoms with van der Waals surface area (Å²) in [5.41, 5.74) is 0.447. The average Bonchev–Trinajstić information content (AvgIpc) is 3.02. The maximum atomic E-state index is 12.4. The van der Waals surface area contributed by atoms with Crippen molar-refractivity contribution < 1.29 is 4.74 Å². The number of ether oxygens (including phenoxy) is 1. The number of methoxy groups -OCH3 is 1. The third-order valence-corrected chi connectivity index (χ3v) is 2.81. The zero-order valence-electron chi connectivity index (χ0n) is 10.7. The van der Waals surface area contributed by atoms with E-state index in [4.69, 9.17) is 4.74 Å². The van der Waals surface area contributed by atoms with Crippen LogP contribution in [-0.2, 0) is 0 Å². The summed E-state index contributed by atoms with van der Waals surface area (Å²) in [6.07, 6.45) is 5.93. The third kappa shape index (κ3) is 2.05.